The molecule has 2 N–H and O–H groups in total. The van der Waals surface area contributed by atoms with Crippen molar-refractivity contribution in [2.45, 2.75) is 45.6 Å². The smallest absolute Gasteiger partial charge is 0.227 e. The van der Waals surface area contributed by atoms with Gasteiger partial charge < -0.3 is 15.4 Å². The first kappa shape index (κ1) is 17.9. The third kappa shape index (κ3) is 4.11. The van der Waals surface area contributed by atoms with Gasteiger partial charge in [0.15, 0.2) is 0 Å². The predicted molar refractivity (Wildman–Crippen MR) is 105 cm³/mol. The lowest BCUT2D eigenvalue weighted by Crippen LogP contribution is -2.37. The number of rotatable bonds is 5. The van der Waals surface area contributed by atoms with Gasteiger partial charge in [-0.3, -0.25) is 4.79 Å². The second-order valence-electron chi connectivity index (χ2n) is 7.48. The van der Waals surface area contributed by atoms with E-state index >= 15 is 0 Å². The summed E-state index contributed by atoms with van der Waals surface area (Å²) in [6.45, 7) is 5.85. The SMILES string of the molecule is Cc1ncnc(C)c1-c1cc(NC(=O)C2CC2)ccc1OC1CCCNC1. The van der Waals surface area contributed by atoms with Gasteiger partial charge >= 0.3 is 0 Å². The van der Waals surface area contributed by atoms with E-state index in [1.807, 2.05) is 32.0 Å². The number of ether oxygens (including phenoxy) is 1. The van der Waals surface area contributed by atoms with Gasteiger partial charge in [0.1, 0.15) is 18.2 Å². The van der Waals surface area contributed by atoms with Crippen LogP contribution in [-0.4, -0.2) is 35.1 Å². The highest BCUT2D eigenvalue weighted by atomic mass is 16.5. The van der Waals surface area contributed by atoms with E-state index in [-0.39, 0.29) is 17.9 Å². The molecule has 1 aromatic carbocycles. The fourth-order valence-electron chi connectivity index (χ4n) is 3.58. The second kappa shape index (κ2) is 7.64. The third-order valence-corrected chi connectivity index (χ3v) is 5.24. The molecule has 1 aliphatic carbocycles. The molecule has 2 aliphatic rings. The van der Waals surface area contributed by atoms with Crippen LogP contribution in [0.25, 0.3) is 11.1 Å². The Bertz CT molecular complexity index is 822. The van der Waals surface area contributed by atoms with E-state index in [4.69, 9.17) is 4.74 Å². The average molecular weight is 366 g/mol. The zero-order chi connectivity index (χ0) is 18.8. The molecule has 1 atom stereocenters. The first-order chi connectivity index (χ1) is 13.1. The highest BCUT2D eigenvalue weighted by Crippen LogP contribution is 2.37. The molecule has 142 valence electrons. The summed E-state index contributed by atoms with van der Waals surface area (Å²) in [6.07, 6.45) is 5.85. The molecular formula is C21H26N4O2. The van der Waals surface area contributed by atoms with E-state index in [9.17, 15) is 4.79 Å². The molecule has 1 saturated heterocycles. The first-order valence-corrected chi connectivity index (χ1v) is 9.72. The average Bonchev–Trinajstić information content (AvgIpc) is 3.50. The molecule has 0 spiro atoms. The van der Waals surface area contributed by atoms with Crippen molar-refractivity contribution < 1.29 is 9.53 Å². The maximum atomic E-state index is 12.2. The van der Waals surface area contributed by atoms with E-state index in [1.165, 1.54) is 0 Å². The molecular weight excluding hydrogens is 340 g/mol. The van der Waals surface area contributed by atoms with Crippen LogP contribution in [0.15, 0.2) is 24.5 Å². The van der Waals surface area contributed by atoms with Crippen molar-refractivity contribution in [3.8, 4) is 16.9 Å². The van der Waals surface area contributed by atoms with E-state index in [2.05, 4.69) is 20.6 Å². The lowest BCUT2D eigenvalue weighted by atomic mass is 10.0. The quantitative estimate of drug-likeness (QED) is 0.850. The Morgan fingerprint density at radius 2 is 1.96 bits per heavy atom. The number of nitrogens with zero attached hydrogens (tertiary/aromatic N) is 2. The lowest BCUT2D eigenvalue weighted by molar-refractivity contribution is -0.117. The summed E-state index contributed by atoms with van der Waals surface area (Å²) in [5.74, 6) is 1.08. The number of hydrogen-bond acceptors (Lipinski definition) is 5. The molecule has 6 heteroatoms. The van der Waals surface area contributed by atoms with Crippen LogP contribution in [0, 0.1) is 19.8 Å². The number of piperidine rings is 1. The summed E-state index contributed by atoms with van der Waals surface area (Å²) in [5.41, 5.74) is 4.50. The maximum absolute atomic E-state index is 12.2. The molecule has 1 aromatic heterocycles. The summed E-state index contributed by atoms with van der Waals surface area (Å²) >= 11 is 0. The first-order valence-electron chi connectivity index (χ1n) is 9.72. The van der Waals surface area contributed by atoms with Gasteiger partial charge in [-0.05, 0) is 64.3 Å². The van der Waals surface area contributed by atoms with E-state index in [1.54, 1.807) is 6.33 Å². The topological polar surface area (TPSA) is 76.1 Å². The van der Waals surface area contributed by atoms with E-state index < -0.39 is 0 Å². The fourth-order valence-corrected chi connectivity index (χ4v) is 3.58. The highest BCUT2D eigenvalue weighted by Gasteiger charge is 2.30. The van der Waals surface area contributed by atoms with Crippen LogP contribution in [0.1, 0.15) is 37.1 Å². The van der Waals surface area contributed by atoms with Crippen molar-refractivity contribution in [1.29, 1.82) is 0 Å². The second-order valence-corrected chi connectivity index (χ2v) is 7.48. The number of hydrogen-bond donors (Lipinski definition) is 2. The Morgan fingerprint density at radius 3 is 2.63 bits per heavy atom. The summed E-state index contributed by atoms with van der Waals surface area (Å²) in [7, 11) is 0. The molecule has 4 rings (SSSR count). The molecule has 2 heterocycles. The van der Waals surface area contributed by atoms with Crippen LogP contribution in [0.4, 0.5) is 5.69 Å². The molecule has 1 amide bonds. The van der Waals surface area contributed by atoms with Gasteiger partial charge in [0, 0.05) is 40.7 Å². The fraction of sp³-hybridized carbons (Fsp3) is 0.476. The molecule has 2 aromatic rings. The largest absolute Gasteiger partial charge is 0.488 e. The maximum Gasteiger partial charge on any atom is 0.227 e. The third-order valence-electron chi connectivity index (χ3n) is 5.24. The highest BCUT2D eigenvalue weighted by molar-refractivity contribution is 5.95. The van der Waals surface area contributed by atoms with Crippen molar-refractivity contribution >= 4 is 11.6 Å². The van der Waals surface area contributed by atoms with Crippen LogP contribution < -0.4 is 15.4 Å². The summed E-state index contributed by atoms with van der Waals surface area (Å²) < 4.78 is 6.34. The van der Waals surface area contributed by atoms with Gasteiger partial charge in [-0.2, -0.15) is 0 Å². The van der Waals surface area contributed by atoms with Gasteiger partial charge in [0.25, 0.3) is 0 Å². The van der Waals surface area contributed by atoms with Gasteiger partial charge in [-0.15, -0.1) is 0 Å². The minimum Gasteiger partial charge on any atom is -0.488 e. The number of amides is 1. The van der Waals surface area contributed by atoms with Gasteiger partial charge in [-0.1, -0.05) is 0 Å². The van der Waals surface area contributed by atoms with Crippen LogP contribution >= 0.6 is 0 Å². The zero-order valence-electron chi connectivity index (χ0n) is 15.9. The summed E-state index contributed by atoms with van der Waals surface area (Å²) in [5, 5.41) is 6.42. The predicted octanol–water partition coefficient (Wildman–Crippen LogP) is 3.24. The van der Waals surface area contributed by atoms with Crippen LogP contribution in [0.2, 0.25) is 0 Å². The van der Waals surface area contributed by atoms with Crippen molar-refractivity contribution in [3.05, 3.63) is 35.9 Å². The molecule has 27 heavy (non-hydrogen) atoms. The number of carbonyl (C=O) groups excluding carboxylic acids is 1. The number of anilines is 1. The Labute approximate surface area is 159 Å². The van der Waals surface area contributed by atoms with E-state index in [0.717, 1.165) is 72.7 Å². The Kier molecular flexibility index (Phi) is 5.07. The Hall–Kier alpha value is -2.47. The molecule has 1 aliphatic heterocycles. The number of benzene rings is 1. The van der Waals surface area contributed by atoms with Crippen LogP contribution in [0.3, 0.4) is 0 Å². The molecule has 6 nitrogen and oxygen atoms in total. The molecule has 1 saturated carbocycles. The van der Waals surface area contributed by atoms with Crippen molar-refractivity contribution in [2.75, 3.05) is 18.4 Å². The molecule has 1 unspecified atom stereocenters. The molecule has 0 radical (unpaired) electrons. The van der Waals surface area contributed by atoms with E-state index in [0.29, 0.717) is 0 Å². The number of carbonyl (C=O) groups is 1. The van der Waals surface area contributed by atoms with Crippen molar-refractivity contribution in [3.63, 3.8) is 0 Å². The summed E-state index contributed by atoms with van der Waals surface area (Å²) in [4.78, 5) is 20.9. The van der Waals surface area contributed by atoms with Gasteiger partial charge in [-0.25, -0.2) is 9.97 Å². The molecule has 0 bridgehead atoms. The van der Waals surface area contributed by atoms with Gasteiger partial charge in [0.05, 0.1) is 0 Å². The minimum atomic E-state index is 0.101. The number of aryl methyl sites for hydroxylation is 2. The minimum absolute atomic E-state index is 0.101. The molecule has 2 fully saturated rings. The number of aromatic nitrogens is 2. The Balaban J connectivity index is 1.69. The Morgan fingerprint density at radius 1 is 1.19 bits per heavy atom. The normalized spacial score (nSPS) is 19.6. The van der Waals surface area contributed by atoms with Crippen LogP contribution in [-0.2, 0) is 4.79 Å². The van der Waals surface area contributed by atoms with Crippen molar-refractivity contribution in [1.82, 2.24) is 15.3 Å². The zero-order valence-corrected chi connectivity index (χ0v) is 15.9. The van der Waals surface area contributed by atoms with Crippen LogP contribution in [0.5, 0.6) is 5.75 Å². The monoisotopic (exact) mass is 366 g/mol. The standard InChI is InChI=1S/C21H26N4O2/c1-13-20(14(2)24-12-23-13)18-10-16(25-21(26)15-5-6-15)7-8-19(18)27-17-4-3-9-22-11-17/h7-8,10,12,15,17,22H,3-6,9,11H2,1-2H3,(H,25,26). The summed E-state index contributed by atoms with van der Waals surface area (Å²) in [6, 6.07) is 5.87. The lowest BCUT2D eigenvalue weighted by Gasteiger charge is -2.26. The van der Waals surface area contributed by atoms with Gasteiger partial charge in [0.2, 0.25) is 5.91 Å². The number of nitrogens with one attached hydrogen (secondary N) is 2. The van der Waals surface area contributed by atoms with Crippen molar-refractivity contribution in [2.24, 2.45) is 5.92 Å².